The Hall–Kier alpha value is -1.85. The Bertz CT molecular complexity index is 574. The maximum atomic E-state index is 12.6. The van der Waals surface area contributed by atoms with Gasteiger partial charge in [0, 0.05) is 26.7 Å². The lowest BCUT2D eigenvalue weighted by molar-refractivity contribution is 0.0909. The van der Waals surface area contributed by atoms with E-state index in [1.54, 1.807) is 13.2 Å². The first kappa shape index (κ1) is 19.5. The molecule has 1 unspecified atom stereocenters. The molecule has 138 valence electrons. The van der Waals surface area contributed by atoms with E-state index >= 15 is 0 Å². The Kier molecular flexibility index (Phi) is 7.95. The number of hydrogen-bond acceptors (Lipinski definition) is 4. The van der Waals surface area contributed by atoms with Crippen LogP contribution in [0.3, 0.4) is 0 Å². The van der Waals surface area contributed by atoms with E-state index in [-0.39, 0.29) is 5.91 Å². The first-order valence-corrected chi connectivity index (χ1v) is 8.96. The van der Waals surface area contributed by atoms with Gasteiger partial charge in [-0.25, -0.2) is 0 Å². The predicted octanol–water partition coefficient (Wildman–Crippen LogP) is 2.73. The molecule has 1 N–H and O–H groups in total. The summed E-state index contributed by atoms with van der Waals surface area (Å²) < 4.78 is 10.8. The number of rotatable bonds is 9. The van der Waals surface area contributed by atoms with Crippen molar-refractivity contribution < 1.29 is 14.3 Å². The van der Waals surface area contributed by atoms with Crippen LogP contribution in [0, 0.1) is 5.92 Å². The van der Waals surface area contributed by atoms with Crippen molar-refractivity contribution >= 4 is 5.91 Å². The highest BCUT2D eigenvalue weighted by Gasteiger charge is 2.21. The third kappa shape index (κ3) is 6.52. The molecule has 5 nitrogen and oxygen atoms in total. The Morgan fingerprint density at radius 2 is 2.20 bits per heavy atom. The number of benzene rings is 1. The second kappa shape index (κ2) is 10.2. The fourth-order valence-corrected chi connectivity index (χ4v) is 3.05. The van der Waals surface area contributed by atoms with Crippen molar-refractivity contribution in [1.82, 2.24) is 10.2 Å². The van der Waals surface area contributed by atoms with Crippen LogP contribution in [0.1, 0.15) is 30.1 Å². The summed E-state index contributed by atoms with van der Waals surface area (Å²) in [7, 11) is 1.73. The number of nitrogens with zero attached hydrogens (tertiary/aromatic N) is 1. The third-order valence-corrected chi connectivity index (χ3v) is 4.37. The van der Waals surface area contributed by atoms with Crippen molar-refractivity contribution in [2.75, 3.05) is 46.5 Å². The van der Waals surface area contributed by atoms with E-state index in [1.165, 1.54) is 6.42 Å². The fourth-order valence-electron chi connectivity index (χ4n) is 3.05. The molecule has 2 rings (SSSR count). The number of likely N-dealkylation sites (tertiary alicyclic amines) is 1. The van der Waals surface area contributed by atoms with Crippen molar-refractivity contribution in [2.45, 2.75) is 19.8 Å². The molecule has 1 atom stereocenters. The molecular formula is C20H30N2O3. The number of amides is 1. The molecule has 1 aromatic carbocycles. The van der Waals surface area contributed by atoms with E-state index in [2.05, 4.69) is 16.8 Å². The summed E-state index contributed by atoms with van der Waals surface area (Å²) in [4.78, 5) is 15.0. The summed E-state index contributed by atoms with van der Waals surface area (Å²) in [6, 6.07) is 7.36. The number of ether oxygens (including phenoxy) is 2. The minimum Gasteiger partial charge on any atom is -0.488 e. The molecule has 5 heteroatoms. The first-order chi connectivity index (χ1) is 12.1. The lowest BCUT2D eigenvalue weighted by atomic mass is 9.98. The van der Waals surface area contributed by atoms with E-state index < -0.39 is 0 Å². The van der Waals surface area contributed by atoms with Gasteiger partial charge < -0.3 is 19.7 Å². The minimum absolute atomic E-state index is 0.0775. The Balaban J connectivity index is 1.86. The molecule has 1 aliphatic heterocycles. The van der Waals surface area contributed by atoms with Crippen molar-refractivity contribution in [2.24, 2.45) is 5.92 Å². The molecule has 1 aromatic rings. The number of methoxy groups -OCH3 is 1. The smallest absolute Gasteiger partial charge is 0.255 e. The van der Waals surface area contributed by atoms with Gasteiger partial charge in [-0.2, -0.15) is 0 Å². The molecule has 1 amide bonds. The lowest BCUT2D eigenvalue weighted by Crippen LogP contribution is -2.42. The summed E-state index contributed by atoms with van der Waals surface area (Å²) in [5.41, 5.74) is 1.50. The normalized spacial score (nSPS) is 17.9. The van der Waals surface area contributed by atoms with Crippen LogP contribution in [0.15, 0.2) is 36.4 Å². The zero-order valence-electron chi connectivity index (χ0n) is 15.4. The van der Waals surface area contributed by atoms with Crippen LogP contribution in [0.5, 0.6) is 5.75 Å². The van der Waals surface area contributed by atoms with E-state index in [0.29, 0.717) is 30.4 Å². The maximum absolute atomic E-state index is 12.6. The molecule has 0 aromatic heterocycles. The monoisotopic (exact) mass is 346 g/mol. The van der Waals surface area contributed by atoms with Crippen LogP contribution in [0.2, 0.25) is 0 Å². The minimum atomic E-state index is -0.0775. The Morgan fingerprint density at radius 1 is 1.40 bits per heavy atom. The van der Waals surface area contributed by atoms with Crippen LogP contribution >= 0.6 is 0 Å². The van der Waals surface area contributed by atoms with Crippen LogP contribution in [-0.4, -0.2) is 57.3 Å². The molecular weight excluding hydrogens is 316 g/mol. The van der Waals surface area contributed by atoms with Crippen LogP contribution < -0.4 is 10.1 Å². The van der Waals surface area contributed by atoms with Crippen molar-refractivity contribution in [1.29, 1.82) is 0 Å². The molecule has 0 aliphatic carbocycles. The zero-order chi connectivity index (χ0) is 18.1. The van der Waals surface area contributed by atoms with Crippen molar-refractivity contribution in [3.63, 3.8) is 0 Å². The standard InChI is InChI=1S/C20H30N2O3/c1-16(2)15-25-19-9-5-4-8-18(19)20(23)21-13-17-7-6-10-22(14-17)11-12-24-3/h4-5,8-9,17H,1,6-7,10-15H2,2-3H3,(H,21,23). The highest BCUT2D eigenvalue weighted by molar-refractivity contribution is 5.96. The molecule has 0 bridgehead atoms. The second-order valence-corrected chi connectivity index (χ2v) is 6.75. The summed E-state index contributed by atoms with van der Waals surface area (Å²) in [6.07, 6.45) is 2.32. The lowest BCUT2D eigenvalue weighted by Gasteiger charge is -2.32. The number of carbonyl (C=O) groups is 1. The number of nitrogens with one attached hydrogen (secondary N) is 1. The third-order valence-electron chi connectivity index (χ3n) is 4.37. The van der Waals surface area contributed by atoms with Gasteiger partial charge in [-0.15, -0.1) is 0 Å². The van der Waals surface area contributed by atoms with E-state index in [0.717, 1.165) is 38.2 Å². The highest BCUT2D eigenvalue weighted by atomic mass is 16.5. The molecule has 0 spiro atoms. The molecule has 1 aliphatic rings. The maximum Gasteiger partial charge on any atom is 0.255 e. The van der Waals surface area contributed by atoms with E-state index in [9.17, 15) is 4.79 Å². The number of piperidine rings is 1. The van der Waals surface area contributed by atoms with E-state index in [4.69, 9.17) is 9.47 Å². The molecule has 1 heterocycles. The van der Waals surface area contributed by atoms with Gasteiger partial charge in [-0.1, -0.05) is 18.7 Å². The topological polar surface area (TPSA) is 50.8 Å². The van der Waals surface area contributed by atoms with Crippen LogP contribution in [0.25, 0.3) is 0 Å². The first-order valence-electron chi connectivity index (χ1n) is 8.96. The average molecular weight is 346 g/mol. The zero-order valence-corrected chi connectivity index (χ0v) is 15.4. The average Bonchev–Trinajstić information content (AvgIpc) is 2.63. The van der Waals surface area contributed by atoms with Crippen LogP contribution in [-0.2, 0) is 4.74 Å². The highest BCUT2D eigenvalue weighted by Crippen LogP contribution is 2.19. The molecule has 1 saturated heterocycles. The summed E-state index contributed by atoms with van der Waals surface area (Å²) in [6.45, 7) is 10.7. The largest absolute Gasteiger partial charge is 0.488 e. The van der Waals surface area contributed by atoms with Crippen LogP contribution in [0.4, 0.5) is 0 Å². The van der Waals surface area contributed by atoms with Gasteiger partial charge in [-0.3, -0.25) is 4.79 Å². The van der Waals surface area contributed by atoms with E-state index in [1.807, 2.05) is 25.1 Å². The number of hydrogen-bond donors (Lipinski definition) is 1. The predicted molar refractivity (Wildman–Crippen MR) is 100 cm³/mol. The van der Waals surface area contributed by atoms with Gasteiger partial charge >= 0.3 is 0 Å². The molecule has 0 radical (unpaired) electrons. The van der Waals surface area contributed by atoms with Gasteiger partial charge in [0.25, 0.3) is 5.91 Å². The Labute approximate surface area is 151 Å². The fraction of sp³-hybridized carbons (Fsp3) is 0.550. The summed E-state index contributed by atoms with van der Waals surface area (Å²) in [5.74, 6) is 1.01. The Morgan fingerprint density at radius 3 is 2.96 bits per heavy atom. The van der Waals surface area contributed by atoms with Gasteiger partial charge in [0.1, 0.15) is 12.4 Å². The number of carbonyl (C=O) groups excluding carboxylic acids is 1. The molecule has 25 heavy (non-hydrogen) atoms. The van der Waals surface area contributed by atoms with Crippen molar-refractivity contribution in [3.05, 3.63) is 42.0 Å². The quantitative estimate of drug-likeness (QED) is 0.699. The SMILES string of the molecule is C=C(C)COc1ccccc1C(=O)NCC1CCCN(CCOC)C1. The summed E-state index contributed by atoms with van der Waals surface area (Å²) >= 11 is 0. The van der Waals surface area contributed by atoms with Crippen molar-refractivity contribution in [3.8, 4) is 5.75 Å². The second-order valence-electron chi connectivity index (χ2n) is 6.75. The molecule has 1 fully saturated rings. The number of para-hydroxylation sites is 1. The van der Waals surface area contributed by atoms with Gasteiger partial charge in [0.05, 0.1) is 12.2 Å². The summed E-state index contributed by atoms with van der Waals surface area (Å²) in [5, 5.41) is 3.07. The molecule has 0 saturated carbocycles. The van der Waals surface area contributed by atoms with Gasteiger partial charge in [0.15, 0.2) is 0 Å². The van der Waals surface area contributed by atoms with Gasteiger partial charge in [0.2, 0.25) is 0 Å². The van der Waals surface area contributed by atoms with Gasteiger partial charge in [-0.05, 0) is 49.9 Å².